The van der Waals surface area contributed by atoms with Gasteiger partial charge in [0.2, 0.25) is 0 Å². The molecule has 0 aliphatic heterocycles. The topological polar surface area (TPSA) is 23.8 Å². The Morgan fingerprint density at radius 2 is 2.15 bits per heavy atom. The molecule has 1 aromatic rings. The van der Waals surface area contributed by atoms with Crippen LogP contribution in [-0.4, -0.2) is 0 Å². The second-order valence-corrected chi connectivity index (χ2v) is 3.33. The van der Waals surface area contributed by atoms with Crippen molar-refractivity contribution in [2.75, 3.05) is 0 Å². The van der Waals surface area contributed by atoms with E-state index in [0.29, 0.717) is 5.92 Å². The average Bonchev–Trinajstić information content (AvgIpc) is 2.04. The van der Waals surface area contributed by atoms with Crippen LogP contribution in [0.25, 0.3) is 0 Å². The smallest absolute Gasteiger partial charge is 0.123 e. The Kier molecular flexibility index (Phi) is 3.02. The normalized spacial score (nSPS) is 10.1. The zero-order chi connectivity index (χ0) is 9.84. The summed E-state index contributed by atoms with van der Waals surface area (Å²) in [5, 5.41) is 8.54. The van der Waals surface area contributed by atoms with Crippen molar-refractivity contribution in [2.24, 2.45) is 0 Å². The van der Waals surface area contributed by atoms with Gasteiger partial charge in [-0.25, -0.2) is 4.39 Å². The number of halogens is 1. The first-order valence-electron chi connectivity index (χ1n) is 4.30. The van der Waals surface area contributed by atoms with Gasteiger partial charge < -0.3 is 0 Å². The van der Waals surface area contributed by atoms with E-state index in [1.165, 1.54) is 12.1 Å². The summed E-state index contributed by atoms with van der Waals surface area (Å²) in [7, 11) is 0. The van der Waals surface area contributed by atoms with Crippen molar-refractivity contribution in [2.45, 2.75) is 26.2 Å². The summed E-state index contributed by atoms with van der Waals surface area (Å²) in [5.41, 5.74) is 1.86. The molecule has 0 aliphatic carbocycles. The van der Waals surface area contributed by atoms with Gasteiger partial charge in [-0.3, -0.25) is 0 Å². The monoisotopic (exact) mass is 177 g/mol. The van der Waals surface area contributed by atoms with E-state index in [1.54, 1.807) is 6.07 Å². The van der Waals surface area contributed by atoms with E-state index in [1.807, 2.05) is 19.9 Å². The van der Waals surface area contributed by atoms with E-state index < -0.39 is 0 Å². The van der Waals surface area contributed by atoms with E-state index in [4.69, 9.17) is 5.26 Å². The van der Waals surface area contributed by atoms with E-state index in [0.717, 1.165) is 11.1 Å². The van der Waals surface area contributed by atoms with Gasteiger partial charge in [0.25, 0.3) is 0 Å². The highest BCUT2D eigenvalue weighted by atomic mass is 19.1. The summed E-state index contributed by atoms with van der Waals surface area (Å²) in [6.07, 6.45) is 0.283. The third-order valence-corrected chi connectivity index (χ3v) is 2.00. The number of hydrogen-bond acceptors (Lipinski definition) is 1. The predicted molar refractivity (Wildman–Crippen MR) is 49.8 cm³/mol. The van der Waals surface area contributed by atoms with E-state index in [9.17, 15) is 4.39 Å². The van der Waals surface area contributed by atoms with Gasteiger partial charge in [-0.1, -0.05) is 19.9 Å². The molecule has 0 atom stereocenters. The number of benzene rings is 1. The van der Waals surface area contributed by atoms with Gasteiger partial charge >= 0.3 is 0 Å². The average molecular weight is 177 g/mol. The van der Waals surface area contributed by atoms with Crippen molar-refractivity contribution in [1.29, 1.82) is 5.26 Å². The first-order chi connectivity index (χ1) is 6.15. The predicted octanol–water partition coefficient (Wildman–Crippen LogP) is 3.02. The molecule has 0 heterocycles. The molecule has 0 bridgehead atoms. The molecule has 13 heavy (non-hydrogen) atoms. The van der Waals surface area contributed by atoms with Gasteiger partial charge in [0.1, 0.15) is 5.82 Å². The minimum absolute atomic E-state index is 0.269. The minimum Gasteiger partial charge on any atom is -0.207 e. The molecule has 0 aromatic heterocycles. The van der Waals surface area contributed by atoms with Crippen LogP contribution in [0.1, 0.15) is 30.9 Å². The maximum absolute atomic E-state index is 12.8. The Labute approximate surface area is 77.8 Å². The molecule has 0 aliphatic rings. The molecule has 0 spiro atoms. The largest absolute Gasteiger partial charge is 0.207 e. The molecule has 1 rings (SSSR count). The third kappa shape index (κ3) is 2.29. The van der Waals surface area contributed by atoms with Crippen LogP contribution in [-0.2, 0) is 6.42 Å². The fraction of sp³-hybridized carbons (Fsp3) is 0.364. The highest BCUT2D eigenvalue weighted by Crippen LogP contribution is 2.20. The zero-order valence-electron chi connectivity index (χ0n) is 7.84. The molecule has 0 N–H and O–H groups in total. The van der Waals surface area contributed by atoms with Gasteiger partial charge in [0, 0.05) is 0 Å². The van der Waals surface area contributed by atoms with Crippen molar-refractivity contribution in [3.8, 4) is 6.07 Å². The van der Waals surface area contributed by atoms with Crippen LogP contribution in [0.4, 0.5) is 4.39 Å². The number of rotatable bonds is 2. The fourth-order valence-corrected chi connectivity index (χ4v) is 1.38. The molecule has 1 nitrogen and oxygen atoms in total. The Morgan fingerprint density at radius 3 is 2.69 bits per heavy atom. The van der Waals surface area contributed by atoms with Crippen molar-refractivity contribution in [3.63, 3.8) is 0 Å². The summed E-state index contributed by atoms with van der Waals surface area (Å²) in [6, 6.07) is 6.68. The quantitative estimate of drug-likeness (QED) is 0.681. The third-order valence-electron chi connectivity index (χ3n) is 2.00. The van der Waals surface area contributed by atoms with Gasteiger partial charge in [0.15, 0.2) is 0 Å². The van der Waals surface area contributed by atoms with Crippen LogP contribution in [0.3, 0.4) is 0 Å². The van der Waals surface area contributed by atoms with Crippen LogP contribution in [0, 0.1) is 17.1 Å². The number of nitriles is 1. The molecule has 68 valence electrons. The molecule has 0 fully saturated rings. The molecule has 0 saturated heterocycles. The summed E-state index contributed by atoms with van der Waals surface area (Å²) >= 11 is 0. The standard InChI is InChI=1S/C11H12FN/c1-8(2)11-4-3-10(12)7-9(11)5-6-13/h3-4,7-8H,5H2,1-2H3. The Balaban J connectivity index is 3.12. The first-order valence-corrected chi connectivity index (χ1v) is 4.30. The van der Waals surface area contributed by atoms with Gasteiger partial charge in [-0.15, -0.1) is 0 Å². The highest BCUT2D eigenvalue weighted by molar-refractivity contribution is 5.32. The molecule has 0 saturated carbocycles. The Morgan fingerprint density at radius 1 is 1.46 bits per heavy atom. The van der Waals surface area contributed by atoms with Gasteiger partial charge in [0.05, 0.1) is 12.5 Å². The molecule has 1 aromatic carbocycles. The maximum Gasteiger partial charge on any atom is 0.123 e. The molecular weight excluding hydrogens is 165 g/mol. The zero-order valence-corrected chi connectivity index (χ0v) is 7.84. The van der Waals surface area contributed by atoms with E-state index >= 15 is 0 Å². The van der Waals surface area contributed by atoms with Gasteiger partial charge in [-0.2, -0.15) is 5.26 Å². The Hall–Kier alpha value is -1.36. The van der Waals surface area contributed by atoms with Crippen molar-refractivity contribution < 1.29 is 4.39 Å². The first kappa shape index (κ1) is 9.73. The Bertz CT molecular complexity index is 336. The molecule has 0 amide bonds. The fourth-order valence-electron chi connectivity index (χ4n) is 1.38. The SMILES string of the molecule is CC(C)c1ccc(F)cc1CC#N. The second kappa shape index (κ2) is 4.04. The van der Waals surface area contributed by atoms with Crippen molar-refractivity contribution in [3.05, 3.63) is 35.1 Å². The van der Waals surface area contributed by atoms with Crippen LogP contribution in [0.2, 0.25) is 0 Å². The summed E-state index contributed by atoms with van der Waals surface area (Å²) in [5.74, 6) is 0.0681. The van der Waals surface area contributed by atoms with Gasteiger partial charge in [-0.05, 0) is 29.2 Å². The van der Waals surface area contributed by atoms with Crippen molar-refractivity contribution >= 4 is 0 Å². The van der Waals surface area contributed by atoms with Crippen molar-refractivity contribution in [1.82, 2.24) is 0 Å². The summed E-state index contributed by atoms with van der Waals surface area (Å²) < 4.78 is 12.8. The number of hydrogen-bond donors (Lipinski definition) is 0. The van der Waals surface area contributed by atoms with Crippen LogP contribution >= 0.6 is 0 Å². The maximum atomic E-state index is 12.8. The van der Waals surface area contributed by atoms with Crippen LogP contribution < -0.4 is 0 Å². The summed E-state index contributed by atoms with van der Waals surface area (Å²) in [6.45, 7) is 4.07. The van der Waals surface area contributed by atoms with E-state index in [2.05, 4.69) is 0 Å². The molecule has 0 radical (unpaired) electrons. The van der Waals surface area contributed by atoms with Crippen LogP contribution in [0.15, 0.2) is 18.2 Å². The lowest BCUT2D eigenvalue weighted by Crippen LogP contribution is -1.96. The van der Waals surface area contributed by atoms with Crippen LogP contribution in [0.5, 0.6) is 0 Å². The number of nitrogens with zero attached hydrogens (tertiary/aromatic N) is 1. The lowest BCUT2D eigenvalue weighted by atomic mass is 9.96. The van der Waals surface area contributed by atoms with E-state index in [-0.39, 0.29) is 12.2 Å². The minimum atomic E-state index is -0.269. The lowest BCUT2D eigenvalue weighted by Gasteiger charge is -2.09. The highest BCUT2D eigenvalue weighted by Gasteiger charge is 2.06. The molecule has 0 unspecified atom stereocenters. The molecule has 2 heteroatoms. The molecular formula is C11H12FN. The lowest BCUT2D eigenvalue weighted by molar-refractivity contribution is 0.624. The second-order valence-electron chi connectivity index (χ2n) is 3.33. The summed E-state index contributed by atoms with van der Waals surface area (Å²) in [4.78, 5) is 0.